The summed E-state index contributed by atoms with van der Waals surface area (Å²) < 4.78 is 11.5. The summed E-state index contributed by atoms with van der Waals surface area (Å²) in [5.41, 5.74) is 0.0395. The fourth-order valence-electron chi connectivity index (χ4n) is 3.40. The molecular formula is C16H31NO2. The number of unbranched alkanes of at least 4 members (excludes halogenated alkanes) is 3. The highest BCUT2D eigenvalue weighted by molar-refractivity contribution is 4.93. The quantitative estimate of drug-likeness (QED) is 0.720. The fraction of sp³-hybridized carbons (Fsp3) is 1.00. The summed E-state index contributed by atoms with van der Waals surface area (Å²) >= 11 is 0. The maximum absolute atomic E-state index is 5.99. The maximum atomic E-state index is 5.99. The zero-order chi connectivity index (χ0) is 13.6. The van der Waals surface area contributed by atoms with Crippen LogP contribution in [0.3, 0.4) is 0 Å². The predicted molar refractivity (Wildman–Crippen MR) is 78.5 cm³/mol. The van der Waals surface area contributed by atoms with Crippen LogP contribution in [0.25, 0.3) is 0 Å². The molecule has 2 heterocycles. The van der Waals surface area contributed by atoms with E-state index >= 15 is 0 Å². The zero-order valence-electron chi connectivity index (χ0n) is 12.7. The Hall–Kier alpha value is -0.120. The van der Waals surface area contributed by atoms with E-state index in [-0.39, 0.29) is 5.60 Å². The molecule has 0 saturated carbocycles. The van der Waals surface area contributed by atoms with Crippen molar-refractivity contribution in [2.24, 2.45) is 0 Å². The molecule has 0 bridgehead atoms. The molecule has 2 aliphatic rings. The molecule has 2 rings (SSSR count). The number of nitrogens with one attached hydrogen (secondary N) is 1. The zero-order valence-corrected chi connectivity index (χ0v) is 12.7. The molecule has 0 amide bonds. The number of ether oxygens (including phenoxy) is 2. The van der Waals surface area contributed by atoms with Crippen molar-refractivity contribution in [2.75, 3.05) is 19.8 Å². The molecule has 2 fully saturated rings. The van der Waals surface area contributed by atoms with Gasteiger partial charge in [0.05, 0.1) is 12.2 Å². The van der Waals surface area contributed by atoms with Gasteiger partial charge in [0.25, 0.3) is 0 Å². The van der Waals surface area contributed by atoms with Gasteiger partial charge in [-0.25, -0.2) is 0 Å². The Bertz CT molecular complexity index is 251. The first kappa shape index (κ1) is 15.3. The molecule has 0 radical (unpaired) electrons. The van der Waals surface area contributed by atoms with Crippen molar-refractivity contribution >= 4 is 0 Å². The minimum absolute atomic E-state index is 0.0395. The van der Waals surface area contributed by atoms with Crippen LogP contribution in [0.4, 0.5) is 0 Å². The Morgan fingerprint density at radius 2 is 2.16 bits per heavy atom. The molecule has 0 aromatic rings. The van der Waals surface area contributed by atoms with Gasteiger partial charge in [-0.3, -0.25) is 0 Å². The predicted octanol–water partition coefficient (Wildman–Crippen LogP) is 3.27. The number of hydrogen-bond acceptors (Lipinski definition) is 3. The van der Waals surface area contributed by atoms with Crippen molar-refractivity contribution in [3.63, 3.8) is 0 Å². The van der Waals surface area contributed by atoms with Crippen LogP contribution in [0.1, 0.15) is 65.2 Å². The molecule has 3 unspecified atom stereocenters. The van der Waals surface area contributed by atoms with Gasteiger partial charge >= 0.3 is 0 Å². The van der Waals surface area contributed by atoms with Crippen LogP contribution in [-0.2, 0) is 9.47 Å². The van der Waals surface area contributed by atoms with E-state index in [2.05, 4.69) is 19.2 Å². The maximum Gasteiger partial charge on any atom is 0.0951 e. The van der Waals surface area contributed by atoms with E-state index in [4.69, 9.17) is 9.47 Å². The normalized spacial score (nSPS) is 32.8. The molecule has 3 heteroatoms. The van der Waals surface area contributed by atoms with Crippen LogP contribution in [0.15, 0.2) is 0 Å². The van der Waals surface area contributed by atoms with Crippen molar-refractivity contribution in [1.29, 1.82) is 0 Å². The van der Waals surface area contributed by atoms with Crippen LogP contribution in [0.2, 0.25) is 0 Å². The van der Waals surface area contributed by atoms with Crippen molar-refractivity contribution in [2.45, 2.75) is 82.9 Å². The minimum atomic E-state index is 0.0395. The Kier molecular flexibility index (Phi) is 6.11. The molecule has 1 N–H and O–H groups in total. The second-order valence-electron chi connectivity index (χ2n) is 6.44. The Morgan fingerprint density at radius 3 is 2.89 bits per heavy atom. The molecule has 2 saturated heterocycles. The van der Waals surface area contributed by atoms with E-state index in [9.17, 15) is 0 Å². The van der Waals surface area contributed by atoms with E-state index in [1.54, 1.807) is 0 Å². The van der Waals surface area contributed by atoms with Gasteiger partial charge in [0, 0.05) is 31.7 Å². The van der Waals surface area contributed by atoms with E-state index in [1.807, 2.05) is 0 Å². The average Bonchev–Trinajstić information content (AvgIpc) is 2.83. The third-order valence-electron chi connectivity index (χ3n) is 4.57. The van der Waals surface area contributed by atoms with Crippen LogP contribution in [0, 0.1) is 0 Å². The smallest absolute Gasteiger partial charge is 0.0951 e. The van der Waals surface area contributed by atoms with Gasteiger partial charge < -0.3 is 14.8 Å². The topological polar surface area (TPSA) is 30.5 Å². The summed E-state index contributed by atoms with van der Waals surface area (Å²) in [7, 11) is 0. The highest BCUT2D eigenvalue weighted by atomic mass is 16.6. The Balaban J connectivity index is 1.67. The molecule has 3 atom stereocenters. The molecule has 0 aromatic carbocycles. The van der Waals surface area contributed by atoms with E-state index in [0.717, 1.165) is 39.1 Å². The van der Waals surface area contributed by atoms with Crippen molar-refractivity contribution in [1.82, 2.24) is 5.32 Å². The largest absolute Gasteiger partial charge is 0.378 e. The SMILES string of the molecule is CCCCCCC(C)NC1CCOC2(CCOC2)C1. The van der Waals surface area contributed by atoms with Crippen LogP contribution in [0.5, 0.6) is 0 Å². The van der Waals surface area contributed by atoms with E-state index in [0.29, 0.717) is 12.1 Å². The van der Waals surface area contributed by atoms with Gasteiger partial charge in [0.1, 0.15) is 0 Å². The third-order valence-corrected chi connectivity index (χ3v) is 4.57. The van der Waals surface area contributed by atoms with Crippen LogP contribution >= 0.6 is 0 Å². The van der Waals surface area contributed by atoms with Gasteiger partial charge in [0.2, 0.25) is 0 Å². The monoisotopic (exact) mass is 269 g/mol. The second kappa shape index (κ2) is 7.61. The number of rotatable bonds is 7. The third kappa shape index (κ3) is 4.73. The first-order valence-electron chi connectivity index (χ1n) is 8.22. The standard InChI is InChI=1S/C16H31NO2/c1-3-4-5-6-7-14(2)17-15-8-10-19-16(12-15)9-11-18-13-16/h14-15,17H,3-13H2,1-2H3. The van der Waals surface area contributed by atoms with Gasteiger partial charge in [-0.2, -0.15) is 0 Å². The van der Waals surface area contributed by atoms with Crippen LogP contribution < -0.4 is 5.32 Å². The van der Waals surface area contributed by atoms with E-state index in [1.165, 1.54) is 32.1 Å². The lowest BCUT2D eigenvalue weighted by atomic mass is 9.89. The van der Waals surface area contributed by atoms with Gasteiger partial charge in [-0.05, 0) is 26.2 Å². The molecule has 0 aliphatic carbocycles. The fourth-order valence-corrected chi connectivity index (χ4v) is 3.40. The second-order valence-corrected chi connectivity index (χ2v) is 6.44. The lowest BCUT2D eigenvalue weighted by Crippen LogP contribution is -2.49. The van der Waals surface area contributed by atoms with Gasteiger partial charge in [-0.1, -0.05) is 32.6 Å². The van der Waals surface area contributed by atoms with Crippen LogP contribution in [-0.4, -0.2) is 37.5 Å². The first-order valence-corrected chi connectivity index (χ1v) is 8.22. The lowest BCUT2D eigenvalue weighted by molar-refractivity contribution is -0.0902. The first-order chi connectivity index (χ1) is 9.24. The highest BCUT2D eigenvalue weighted by Crippen LogP contribution is 2.33. The summed E-state index contributed by atoms with van der Waals surface area (Å²) in [6, 6.07) is 1.26. The molecular weight excluding hydrogens is 238 g/mol. The van der Waals surface area contributed by atoms with Gasteiger partial charge in [0.15, 0.2) is 0 Å². The summed E-state index contributed by atoms with van der Waals surface area (Å²) in [5, 5.41) is 3.81. The van der Waals surface area contributed by atoms with Crippen molar-refractivity contribution in [3.8, 4) is 0 Å². The molecule has 1 spiro atoms. The molecule has 112 valence electrons. The molecule has 0 aromatic heterocycles. The van der Waals surface area contributed by atoms with Gasteiger partial charge in [-0.15, -0.1) is 0 Å². The summed E-state index contributed by atoms with van der Waals surface area (Å²) in [6.45, 7) is 7.17. The average molecular weight is 269 g/mol. The summed E-state index contributed by atoms with van der Waals surface area (Å²) in [6.07, 6.45) is 10.1. The molecule has 3 nitrogen and oxygen atoms in total. The number of hydrogen-bond donors (Lipinski definition) is 1. The Labute approximate surface area is 118 Å². The summed E-state index contributed by atoms with van der Waals surface area (Å²) in [4.78, 5) is 0. The lowest BCUT2D eigenvalue weighted by Gasteiger charge is -2.38. The highest BCUT2D eigenvalue weighted by Gasteiger charge is 2.41. The molecule has 2 aliphatic heterocycles. The Morgan fingerprint density at radius 1 is 1.26 bits per heavy atom. The van der Waals surface area contributed by atoms with E-state index < -0.39 is 0 Å². The molecule has 19 heavy (non-hydrogen) atoms. The van der Waals surface area contributed by atoms with Crippen molar-refractivity contribution < 1.29 is 9.47 Å². The minimum Gasteiger partial charge on any atom is -0.378 e. The summed E-state index contributed by atoms with van der Waals surface area (Å²) in [5.74, 6) is 0. The van der Waals surface area contributed by atoms with Crippen molar-refractivity contribution in [3.05, 3.63) is 0 Å².